The van der Waals surface area contributed by atoms with Gasteiger partial charge in [-0.25, -0.2) is 0 Å². The largest absolute Gasteiger partial charge is 0.370 e. The van der Waals surface area contributed by atoms with Crippen molar-refractivity contribution in [3.05, 3.63) is 23.5 Å². The van der Waals surface area contributed by atoms with Gasteiger partial charge in [0.1, 0.15) is 0 Å². The Bertz CT molecular complexity index is 384. The van der Waals surface area contributed by atoms with Gasteiger partial charge in [0.25, 0.3) is 0 Å². The lowest BCUT2D eigenvalue weighted by Crippen LogP contribution is -2.13. The summed E-state index contributed by atoms with van der Waals surface area (Å²) in [5.41, 5.74) is 13.8. The van der Waals surface area contributed by atoms with Crippen LogP contribution in [0.15, 0.2) is 12.4 Å². The molecule has 16 heavy (non-hydrogen) atoms. The number of rotatable bonds is 3. The molecule has 0 aliphatic heterocycles. The minimum absolute atomic E-state index is 0.160. The summed E-state index contributed by atoms with van der Waals surface area (Å²) in [5, 5.41) is 0. The molecule has 4 heteroatoms. The minimum Gasteiger partial charge on any atom is -0.370 e. The van der Waals surface area contributed by atoms with Crippen LogP contribution in [0.1, 0.15) is 42.9 Å². The first-order valence-electron chi connectivity index (χ1n) is 5.89. The van der Waals surface area contributed by atoms with Crippen LogP contribution < -0.4 is 11.5 Å². The normalized spacial score (nSPS) is 20.2. The van der Waals surface area contributed by atoms with Crippen LogP contribution in [0.25, 0.3) is 0 Å². The highest BCUT2D eigenvalue weighted by molar-refractivity contribution is 5.73. The number of hydrogen-bond donors (Lipinski definition) is 2. The van der Waals surface area contributed by atoms with Crippen LogP contribution in [0.5, 0.6) is 0 Å². The SMILES string of the molecule is NC(=O)CCn1cc2c(c1)C(N)CCCC2. The lowest BCUT2D eigenvalue weighted by Gasteiger charge is -2.07. The summed E-state index contributed by atoms with van der Waals surface area (Å²) in [4.78, 5) is 10.7. The Hall–Kier alpha value is -1.29. The molecular formula is C12H19N3O. The smallest absolute Gasteiger partial charge is 0.219 e. The van der Waals surface area contributed by atoms with Gasteiger partial charge in [0, 0.05) is 31.4 Å². The molecule has 4 nitrogen and oxygen atoms in total. The van der Waals surface area contributed by atoms with Gasteiger partial charge in [-0.3, -0.25) is 4.79 Å². The predicted molar refractivity (Wildman–Crippen MR) is 62.7 cm³/mol. The molecule has 1 aromatic heterocycles. The highest BCUT2D eigenvalue weighted by Gasteiger charge is 2.17. The van der Waals surface area contributed by atoms with E-state index in [2.05, 4.69) is 12.4 Å². The van der Waals surface area contributed by atoms with Crippen molar-refractivity contribution in [1.82, 2.24) is 4.57 Å². The maximum atomic E-state index is 10.7. The molecule has 2 rings (SSSR count). The summed E-state index contributed by atoms with van der Waals surface area (Å²) < 4.78 is 2.04. The Balaban J connectivity index is 2.12. The van der Waals surface area contributed by atoms with E-state index >= 15 is 0 Å². The third-order valence-electron chi connectivity index (χ3n) is 3.22. The fourth-order valence-electron chi connectivity index (χ4n) is 2.32. The topological polar surface area (TPSA) is 74.0 Å². The lowest BCUT2D eigenvalue weighted by molar-refractivity contribution is -0.118. The Morgan fingerprint density at radius 1 is 1.44 bits per heavy atom. The van der Waals surface area contributed by atoms with Gasteiger partial charge in [-0.05, 0) is 30.4 Å². The van der Waals surface area contributed by atoms with E-state index in [-0.39, 0.29) is 11.9 Å². The number of aryl methyl sites for hydroxylation is 2. The second-order valence-corrected chi connectivity index (χ2v) is 4.55. The molecule has 1 atom stereocenters. The predicted octanol–water partition coefficient (Wildman–Crippen LogP) is 1.09. The van der Waals surface area contributed by atoms with E-state index in [0.717, 1.165) is 12.8 Å². The molecule has 0 radical (unpaired) electrons. The highest BCUT2D eigenvalue weighted by atomic mass is 16.1. The lowest BCUT2D eigenvalue weighted by atomic mass is 10.1. The zero-order valence-electron chi connectivity index (χ0n) is 9.48. The number of amides is 1. The Kier molecular flexibility index (Phi) is 3.29. The van der Waals surface area contributed by atoms with Gasteiger partial charge in [-0.1, -0.05) is 6.42 Å². The van der Waals surface area contributed by atoms with E-state index in [4.69, 9.17) is 11.5 Å². The first-order valence-corrected chi connectivity index (χ1v) is 5.89. The van der Waals surface area contributed by atoms with Crippen molar-refractivity contribution in [3.8, 4) is 0 Å². The third kappa shape index (κ3) is 2.44. The number of nitrogens with two attached hydrogens (primary N) is 2. The van der Waals surface area contributed by atoms with Crippen molar-refractivity contribution in [2.45, 2.75) is 44.7 Å². The quantitative estimate of drug-likeness (QED) is 0.750. The van der Waals surface area contributed by atoms with Gasteiger partial charge in [-0.2, -0.15) is 0 Å². The van der Waals surface area contributed by atoms with Crippen LogP contribution >= 0.6 is 0 Å². The Labute approximate surface area is 95.6 Å². The molecule has 1 heterocycles. The van der Waals surface area contributed by atoms with E-state index in [1.165, 1.54) is 24.0 Å². The molecule has 1 aromatic rings. The van der Waals surface area contributed by atoms with Crippen molar-refractivity contribution in [3.63, 3.8) is 0 Å². The average molecular weight is 221 g/mol. The Morgan fingerprint density at radius 2 is 2.25 bits per heavy atom. The summed E-state index contributed by atoms with van der Waals surface area (Å²) >= 11 is 0. The summed E-state index contributed by atoms with van der Waals surface area (Å²) in [5.74, 6) is -0.256. The third-order valence-corrected chi connectivity index (χ3v) is 3.22. The van der Waals surface area contributed by atoms with Crippen molar-refractivity contribution in [1.29, 1.82) is 0 Å². The number of hydrogen-bond acceptors (Lipinski definition) is 2. The number of carbonyl (C=O) groups excluding carboxylic acids is 1. The van der Waals surface area contributed by atoms with Gasteiger partial charge in [0.15, 0.2) is 0 Å². The van der Waals surface area contributed by atoms with Crippen molar-refractivity contribution < 1.29 is 4.79 Å². The van der Waals surface area contributed by atoms with Gasteiger partial charge in [0.05, 0.1) is 0 Å². The molecule has 0 saturated heterocycles. The van der Waals surface area contributed by atoms with E-state index in [1.807, 2.05) is 4.57 Å². The maximum absolute atomic E-state index is 10.7. The van der Waals surface area contributed by atoms with Crippen LogP contribution in [0.3, 0.4) is 0 Å². The number of fused-ring (bicyclic) bond motifs is 1. The minimum atomic E-state index is -0.256. The highest BCUT2D eigenvalue weighted by Crippen LogP contribution is 2.27. The van der Waals surface area contributed by atoms with Crippen LogP contribution in [-0.4, -0.2) is 10.5 Å². The van der Waals surface area contributed by atoms with Crippen LogP contribution in [0.4, 0.5) is 0 Å². The molecule has 0 fully saturated rings. The molecule has 1 aliphatic rings. The molecule has 0 aromatic carbocycles. The molecule has 1 amide bonds. The van der Waals surface area contributed by atoms with Crippen LogP contribution in [-0.2, 0) is 17.8 Å². The van der Waals surface area contributed by atoms with E-state index < -0.39 is 0 Å². The maximum Gasteiger partial charge on any atom is 0.219 e. The zero-order chi connectivity index (χ0) is 11.5. The van der Waals surface area contributed by atoms with E-state index in [1.54, 1.807) is 0 Å². The molecule has 0 saturated carbocycles. The number of primary amides is 1. The van der Waals surface area contributed by atoms with Crippen molar-refractivity contribution in [2.24, 2.45) is 11.5 Å². The zero-order valence-corrected chi connectivity index (χ0v) is 9.48. The summed E-state index contributed by atoms with van der Waals surface area (Å²) in [6.45, 7) is 0.662. The summed E-state index contributed by atoms with van der Waals surface area (Å²) in [6, 6.07) is 0.160. The first-order chi connectivity index (χ1) is 7.66. The second-order valence-electron chi connectivity index (χ2n) is 4.55. The van der Waals surface area contributed by atoms with Crippen LogP contribution in [0.2, 0.25) is 0 Å². The fourth-order valence-corrected chi connectivity index (χ4v) is 2.32. The first kappa shape index (κ1) is 11.2. The monoisotopic (exact) mass is 221 g/mol. The average Bonchev–Trinajstić information content (AvgIpc) is 2.57. The number of aromatic nitrogens is 1. The molecule has 88 valence electrons. The van der Waals surface area contributed by atoms with Gasteiger partial charge < -0.3 is 16.0 Å². The number of nitrogens with zero attached hydrogens (tertiary/aromatic N) is 1. The molecular weight excluding hydrogens is 202 g/mol. The number of carbonyl (C=O) groups is 1. The standard InChI is InChI=1S/C12H19N3O/c13-11-4-2-1-3-9-7-15(8-10(9)11)6-5-12(14)16/h7-8,11H,1-6,13H2,(H2,14,16). The van der Waals surface area contributed by atoms with Gasteiger partial charge >= 0.3 is 0 Å². The van der Waals surface area contributed by atoms with Crippen molar-refractivity contribution in [2.75, 3.05) is 0 Å². The fraction of sp³-hybridized carbons (Fsp3) is 0.583. The van der Waals surface area contributed by atoms with Gasteiger partial charge in [-0.15, -0.1) is 0 Å². The molecule has 0 spiro atoms. The summed E-state index contributed by atoms with van der Waals surface area (Å²) in [7, 11) is 0. The van der Waals surface area contributed by atoms with Gasteiger partial charge in [0.2, 0.25) is 5.91 Å². The molecule has 1 unspecified atom stereocenters. The van der Waals surface area contributed by atoms with Crippen LogP contribution in [0, 0.1) is 0 Å². The van der Waals surface area contributed by atoms with E-state index in [0.29, 0.717) is 13.0 Å². The second kappa shape index (κ2) is 4.70. The summed E-state index contributed by atoms with van der Waals surface area (Å²) in [6.07, 6.45) is 9.16. The molecule has 4 N–H and O–H groups in total. The Morgan fingerprint density at radius 3 is 3.00 bits per heavy atom. The van der Waals surface area contributed by atoms with E-state index in [9.17, 15) is 4.79 Å². The molecule has 1 aliphatic carbocycles. The van der Waals surface area contributed by atoms with Crippen molar-refractivity contribution >= 4 is 5.91 Å². The molecule has 0 bridgehead atoms.